The summed E-state index contributed by atoms with van der Waals surface area (Å²) in [5, 5.41) is 0. The van der Waals surface area contributed by atoms with Gasteiger partial charge in [-0.15, -0.1) is 0 Å². The van der Waals surface area contributed by atoms with Crippen LogP contribution in [0.5, 0.6) is 0 Å². The number of ether oxygens (including phenoxy) is 1. The molecule has 0 aliphatic rings. The minimum atomic E-state index is -0.435. The number of carbonyl (C=O) groups is 2. The van der Waals surface area contributed by atoms with Gasteiger partial charge in [-0.25, -0.2) is 0 Å². The zero-order chi connectivity index (χ0) is 10.4. The smallest absolute Gasteiger partial charge is 0.325 e. The van der Waals surface area contributed by atoms with Crippen LogP contribution in [0.25, 0.3) is 0 Å². The van der Waals surface area contributed by atoms with Crippen molar-refractivity contribution in [2.24, 2.45) is 5.73 Å². The Bertz CT molecular complexity index is 194. The fourth-order valence-corrected chi connectivity index (χ4v) is 0.908. The lowest BCUT2D eigenvalue weighted by atomic mass is 10.3. The van der Waals surface area contributed by atoms with Crippen LogP contribution in [0.2, 0.25) is 0 Å². The number of methoxy groups -OCH3 is 1. The second-order valence-electron chi connectivity index (χ2n) is 2.81. The normalized spacial score (nSPS) is 12.0. The van der Waals surface area contributed by atoms with Crippen molar-refractivity contribution in [3.8, 4) is 0 Å². The van der Waals surface area contributed by atoms with Crippen LogP contribution in [-0.2, 0) is 14.3 Å². The average molecular weight is 188 g/mol. The summed E-state index contributed by atoms with van der Waals surface area (Å²) in [7, 11) is 1.29. The number of carbonyl (C=O) groups excluding carboxylic acids is 2. The molecule has 2 N–H and O–H groups in total. The highest BCUT2D eigenvalue weighted by molar-refractivity contribution is 5.80. The van der Waals surface area contributed by atoms with E-state index in [0.717, 1.165) is 0 Å². The molecule has 0 fully saturated rings. The first-order valence-corrected chi connectivity index (χ1v) is 4.07. The first-order chi connectivity index (χ1) is 6.02. The average Bonchev–Trinajstić information content (AvgIpc) is 2.11. The van der Waals surface area contributed by atoms with Gasteiger partial charge in [-0.1, -0.05) is 0 Å². The fourth-order valence-electron chi connectivity index (χ4n) is 0.908. The largest absolute Gasteiger partial charge is 0.468 e. The molecule has 76 valence electrons. The molecule has 0 heterocycles. The molecule has 13 heavy (non-hydrogen) atoms. The summed E-state index contributed by atoms with van der Waals surface area (Å²) in [6, 6.07) is -0.142. The molecular formula is C8H16N2O3. The van der Waals surface area contributed by atoms with Gasteiger partial charge in [0, 0.05) is 19.5 Å². The van der Waals surface area contributed by atoms with Crippen molar-refractivity contribution in [2.45, 2.75) is 19.9 Å². The number of esters is 1. The zero-order valence-corrected chi connectivity index (χ0v) is 8.24. The predicted molar refractivity (Wildman–Crippen MR) is 47.9 cm³/mol. The van der Waals surface area contributed by atoms with Crippen LogP contribution in [0.1, 0.15) is 13.8 Å². The third kappa shape index (κ3) is 3.89. The summed E-state index contributed by atoms with van der Waals surface area (Å²) in [4.78, 5) is 23.3. The first kappa shape index (κ1) is 11.9. The van der Waals surface area contributed by atoms with Gasteiger partial charge in [-0.2, -0.15) is 0 Å². The van der Waals surface area contributed by atoms with Gasteiger partial charge in [0.15, 0.2) is 0 Å². The van der Waals surface area contributed by atoms with Crippen LogP contribution in [0, 0.1) is 0 Å². The maximum absolute atomic E-state index is 11.1. The third-order valence-electron chi connectivity index (χ3n) is 1.80. The number of rotatable bonds is 4. The fraction of sp³-hybridized carbons (Fsp3) is 0.750. The topological polar surface area (TPSA) is 72.6 Å². The summed E-state index contributed by atoms with van der Waals surface area (Å²) < 4.78 is 4.45. The van der Waals surface area contributed by atoms with Crippen molar-refractivity contribution in [3.63, 3.8) is 0 Å². The maximum atomic E-state index is 11.1. The summed E-state index contributed by atoms with van der Waals surface area (Å²) in [6.07, 6.45) is 0. The molecular weight excluding hydrogens is 172 g/mol. The molecule has 0 rings (SSSR count). The summed E-state index contributed by atoms with van der Waals surface area (Å²) in [5.41, 5.74) is 5.38. The zero-order valence-electron chi connectivity index (χ0n) is 8.24. The standard InChI is InChI=1S/C8H16N2O3/c1-6(4-9)10(7(2)11)5-8(12)13-3/h6H,4-5,9H2,1-3H3. The third-order valence-corrected chi connectivity index (χ3v) is 1.80. The number of nitrogens with zero attached hydrogens (tertiary/aromatic N) is 1. The van der Waals surface area contributed by atoms with Gasteiger partial charge in [0.2, 0.25) is 5.91 Å². The number of hydrogen-bond donors (Lipinski definition) is 1. The molecule has 0 aliphatic heterocycles. The van der Waals surface area contributed by atoms with Crippen LogP contribution in [-0.4, -0.2) is 43.0 Å². The lowest BCUT2D eigenvalue weighted by Gasteiger charge is -2.25. The van der Waals surface area contributed by atoms with E-state index in [9.17, 15) is 9.59 Å². The molecule has 1 unspecified atom stereocenters. The minimum absolute atomic E-state index is 0.0375. The molecule has 1 atom stereocenters. The second-order valence-corrected chi connectivity index (χ2v) is 2.81. The van der Waals surface area contributed by atoms with Crippen LogP contribution in [0.4, 0.5) is 0 Å². The Hall–Kier alpha value is -1.10. The van der Waals surface area contributed by atoms with E-state index in [2.05, 4.69) is 4.74 Å². The van der Waals surface area contributed by atoms with E-state index >= 15 is 0 Å². The van der Waals surface area contributed by atoms with Gasteiger partial charge in [-0.05, 0) is 6.92 Å². The highest BCUT2D eigenvalue weighted by atomic mass is 16.5. The van der Waals surface area contributed by atoms with Crippen LogP contribution >= 0.6 is 0 Å². The minimum Gasteiger partial charge on any atom is -0.468 e. The van der Waals surface area contributed by atoms with Crippen molar-refractivity contribution in [2.75, 3.05) is 20.2 Å². The molecule has 1 amide bonds. The van der Waals surface area contributed by atoms with Gasteiger partial charge < -0.3 is 15.4 Å². The Morgan fingerprint density at radius 2 is 2.08 bits per heavy atom. The lowest BCUT2D eigenvalue weighted by Crippen LogP contribution is -2.44. The van der Waals surface area contributed by atoms with Crippen LogP contribution in [0.15, 0.2) is 0 Å². The second kappa shape index (κ2) is 5.53. The molecule has 0 saturated heterocycles. The van der Waals surface area contributed by atoms with Gasteiger partial charge in [0.25, 0.3) is 0 Å². The molecule has 0 aromatic heterocycles. The molecule has 0 saturated carbocycles. The Labute approximate surface area is 77.8 Å². The molecule has 5 nitrogen and oxygen atoms in total. The van der Waals surface area contributed by atoms with Gasteiger partial charge in [0.1, 0.15) is 6.54 Å². The van der Waals surface area contributed by atoms with E-state index in [4.69, 9.17) is 5.73 Å². The van der Waals surface area contributed by atoms with Crippen LogP contribution < -0.4 is 5.73 Å². The quantitative estimate of drug-likeness (QED) is 0.595. The predicted octanol–water partition coefficient (Wildman–Crippen LogP) is -0.645. The first-order valence-electron chi connectivity index (χ1n) is 4.07. The van der Waals surface area contributed by atoms with E-state index < -0.39 is 5.97 Å². The van der Waals surface area contributed by atoms with Crippen LogP contribution in [0.3, 0.4) is 0 Å². The molecule has 0 aromatic rings. The Morgan fingerprint density at radius 3 is 2.38 bits per heavy atom. The summed E-state index contributed by atoms with van der Waals surface area (Å²) in [5.74, 6) is -0.612. The number of hydrogen-bond acceptors (Lipinski definition) is 4. The molecule has 0 bridgehead atoms. The molecule has 0 aromatic carbocycles. The number of amides is 1. The molecule has 5 heteroatoms. The molecule has 0 radical (unpaired) electrons. The molecule has 0 spiro atoms. The highest BCUT2D eigenvalue weighted by Gasteiger charge is 2.18. The van der Waals surface area contributed by atoms with Gasteiger partial charge >= 0.3 is 5.97 Å². The molecule has 0 aliphatic carbocycles. The van der Waals surface area contributed by atoms with Crippen molar-refractivity contribution in [1.29, 1.82) is 0 Å². The summed E-state index contributed by atoms with van der Waals surface area (Å²) >= 11 is 0. The van der Waals surface area contributed by atoms with E-state index in [1.165, 1.54) is 18.9 Å². The van der Waals surface area contributed by atoms with Gasteiger partial charge in [0.05, 0.1) is 7.11 Å². The van der Waals surface area contributed by atoms with E-state index in [0.29, 0.717) is 6.54 Å². The summed E-state index contributed by atoms with van der Waals surface area (Å²) in [6.45, 7) is 3.47. The van der Waals surface area contributed by atoms with E-state index in [-0.39, 0.29) is 18.5 Å². The Morgan fingerprint density at radius 1 is 1.54 bits per heavy atom. The Balaban J connectivity index is 4.26. The van der Waals surface area contributed by atoms with E-state index in [1.54, 1.807) is 6.92 Å². The lowest BCUT2D eigenvalue weighted by molar-refractivity contribution is -0.147. The number of nitrogens with two attached hydrogens (primary N) is 1. The monoisotopic (exact) mass is 188 g/mol. The van der Waals surface area contributed by atoms with Crippen molar-refractivity contribution >= 4 is 11.9 Å². The van der Waals surface area contributed by atoms with E-state index in [1.807, 2.05) is 0 Å². The van der Waals surface area contributed by atoms with Crippen molar-refractivity contribution < 1.29 is 14.3 Å². The maximum Gasteiger partial charge on any atom is 0.325 e. The highest BCUT2D eigenvalue weighted by Crippen LogP contribution is 1.98. The van der Waals surface area contributed by atoms with Crippen molar-refractivity contribution in [1.82, 2.24) is 4.90 Å². The van der Waals surface area contributed by atoms with Crippen molar-refractivity contribution in [3.05, 3.63) is 0 Å². The SMILES string of the molecule is COC(=O)CN(C(C)=O)C(C)CN. The van der Waals surface area contributed by atoms with Gasteiger partial charge in [-0.3, -0.25) is 9.59 Å². The Kier molecular flexibility index (Phi) is 5.06.